The van der Waals surface area contributed by atoms with Crippen molar-refractivity contribution in [1.29, 1.82) is 0 Å². The fourth-order valence-corrected chi connectivity index (χ4v) is 1.13. The number of allylic oxidation sites excluding steroid dienone is 2. The third kappa shape index (κ3) is 3.11. The summed E-state index contributed by atoms with van der Waals surface area (Å²) in [6.45, 7) is 1.93. The minimum Gasteiger partial charge on any atom is -0.411 e. The smallest absolute Gasteiger partial charge is 0.0693 e. The van der Waals surface area contributed by atoms with E-state index in [1.54, 1.807) is 0 Å². The molecule has 0 aliphatic carbocycles. The fourth-order valence-electron chi connectivity index (χ4n) is 1.13. The molecule has 2 heteroatoms. The fraction of sp³-hybridized carbons (Fsp3) is 0.182. The van der Waals surface area contributed by atoms with Crippen LogP contribution in [-0.4, -0.2) is 11.4 Å². The molecular formula is C11H13NO. The van der Waals surface area contributed by atoms with Gasteiger partial charge in [-0.2, -0.15) is 0 Å². The van der Waals surface area contributed by atoms with Crippen molar-refractivity contribution in [2.24, 2.45) is 5.16 Å². The molecule has 0 heterocycles. The van der Waals surface area contributed by atoms with Gasteiger partial charge in [-0.1, -0.05) is 41.6 Å². The lowest BCUT2D eigenvalue weighted by molar-refractivity contribution is 0.321. The Morgan fingerprint density at radius 1 is 1.38 bits per heavy atom. The second kappa shape index (κ2) is 5.14. The Hall–Kier alpha value is -1.57. The van der Waals surface area contributed by atoms with E-state index >= 15 is 0 Å². The quantitative estimate of drug-likeness (QED) is 0.427. The van der Waals surface area contributed by atoms with Crippen molar-refractivity contribution in [2.45, 2.75) is 13.3 Å². The van der Waals surface area contributed by atoms with Gasteiger partial charge in [0.05, 0.1) is 6.21 Å². The van der Waals surface area contributed by atoms with Gasteiger partial charge in [0.2, 0.25) is 0 Å². The van der Waals surface area contributed by atoms with Gasteiger partial charge in [-0.3, -0.25) is 0 Å². The van der Waals surface area contributed by atoms with Crippen LogP contribution < -0.4 is 0 Å². The average Bonchev–Trinajstić information content (AvgIpc) is 2.19. The highest BCUT2D eigenvalue weighted by molar-refractivity contribution is 5.78. The molecule has 0 bridgehead atoms. The zero-order chi connectivity index (χ0) is 9.52. The van der Waals surface area contributed by atoms with Crippen LogP contribution in [0.3, 0.4) is 0 Å². The predicted molar refractivity (Wildman–Crippen MR) is 54.2 cm³/mol. The van der Waals surface area contributed by atoms with Crippen molar-refractivity contribution < 1.29 is 5.21 Å². The molecule has 0 fully saturated rings. The van der Waals surface area contributed by atoms with Crippen LogP contribution in [-0.2, 0) is 6.42 Å². The molecule has 0 saturated carbocycles. The molecule has 0 aliphatic rings. The van der Waals surface area contributed by atoms with Gasteiger partial charge in [-0.15, -0.1) is 0 Å². The number of oxime groups is 1. The van der Waals surface area contributed by atoms with Gasteiger partial charge < -0.3 is 5.21 Å². The minimum absolute atomic E-state index is 0.807. The summed E-state index contributed by atoms with van der Waals surface area (Å²) in [6.07, 6.45) is 4.21. The Kier molecular flexibility index (Phi) is 3.76. The summed E-state index contributed by atoms with van der Waals surface area (Å²) < 4.78 is 0. The summed E-state index contributed by atoms with van der Waals surface area (Å²) in [5, 5.41) is 11.4. The van der Waals surface area contributed by atoms with E-state index in [1.807, 2.05) is 31.2 Å². The summed E-state index contributed by atoms with van der Waals surface area (Å²) in [5.74, 6) is 0. The van der Waals surface area contributed by atoms with E-state index < -0.39 is 0 Å². The molecule has 1 aromatic carbocycles. The molecule has 1 N–H and O–H groups in total. The molecule has 13 heavy (non-hydrogen) atoms. The zero-order valence-corrected chi connectivity index (χ0v) is 7.64. The van der Waals surface area contributed by atoms with Gasteiger partial charge in [0.15, 0.2) is 0 Å². The Balaban J connectivity index is 2.68. The Morgan fingerprint density at radius 3 is 2.62 bits per heavy atom. The summed E-state index contributed by atoms with van der Waals surface area (Å²) >= 11 is 0. The van der Waals surface area contributed by atoms with Gasteiger partial charge in [0.25, 0.3) is 0 Å². The van der Waals surface area contributed by atoms with Crippen molar-refractivity contribution in [3.05, 3.63) is 47.5 Å². The minimum atomic E-state index is 0.807. The second-order valence-electron chi connectivity index (χ2n) is 2.77. The first-order chi connectivity index (χ1) is 6.36. The lowest BCUT2D eigenvalue weighted by atomic mass is 10.1. The van der Waals surface area contributed by atoms with E-state index in [9.17, 15) is 0 Å². The first kappa shape index (κ1) is 9.52. The van der Waals surface area contributed by atoms with Gasteiger partial charge in [-0.05, 0) is 24.5 Å². The van der Waals surface area contributed by atoms with E-state index in [2.05, 4.69) is 17.3 Å². The van der Waals surface area contributed by atoms with Crippen LogP contribution in [0.2, 0.25) is 0 Å². The molecule has 1 rings (SSSR count). The van der Waals surface area contributed by atoms with Gasteiger partial charge in [-0.25, -0.2) is 0 Å². The molecule has 0 radical (unpaired) electrons. The number of benzene rings is 1. The standard InChI is InChI=1S/C11H13NO/c1-2-10(9-12-13)8-11-6-4-3-5-7-11/h2-7,9,13H,8H2,1H3/b10-2+,12-9+. The number of hydrogen-bond donors (Lipinski definition) is 1. The lowest BCUT2D eigenvalue weighted by Crippen LogP contribution is -1.91. The third-order valence-electron chi connectivity index (χ3n) is 1.85. The highest BCUT2D eigenvalue weighted by atomic mass is 16.4. The Bertz CT molecular complexity index is 301. The molecule has 2 nitrogen and oxygen atoms in total. The van der Waals surface area contributed by atoms with E-state index in [0.717, 1.165) is 12.0 Å². The van der Waals surface area contributed by atoms with E-state index in [4.69, 9.17) is 5.21 Å². The van der Waals surface area contributed by atoms with Crippen molar-refractivity contribution >= 4 is 6.21 Å². The number of nitrogens with zero attached hydrogens (tertiary/aromatic N) is 1. The van der Waals surface area contributed by atoms with Crippen molar-refractivity contribution in [2.75, 3.05) is 0 Å². The van der Waals surface area contributed by atoms with Crippen LogP contribution in [0.4, 0.5) is 0 Å². The van der Waals surface area contributed by atoms with Crippen molar-refractivity contribution in [3.63, 3.8) is 0 Å². The summed E-state index contributed by atoms with van der Waals surface area (Å²) in [7, 11) is 0. The van der Waals surface area contributed by atoms with Crippen LogP contribution in [0.25, 0.3) is 0 Å². The zero-order valence-electron chi connectivity index (χ0n) is 7.64. The first-order valence-electron chi connectivity index (χ1n) is 4.23. The topological polar surface area (TPSA) is 32.6 Å². The first-order valence-corrected chi connectivity index (χ1v) is 4.23. The van der Waals surface area contributed by atoms with Crippen LogP contribution in [0.15, 0.2) is 47.1 Å². The highest BCUT2D eigenvalue weighted by Crippen LogP contribution is 2.05. The molecule has 0 atom stereocenters. The van der Waals surface area contributed by atoms with Crippen LogP contribution in [0, 0.1) is 0 Å². The molecule has 0 aliphatic heterocycles. The van der Waals surface area contributed by atoms with E-state index in [1.165, 1.54) is 11.8 Å². The molecule has 0 saturated heterocycles. The molecule has 0 aromatic heterocycles. The molecular weight excluding hydrogens is 162 g/mol. The molecule has 68 valence electrons. The third-order valence-corrected chi connectivity index (χ3v) is 1.85. The number of rotatable bonds is 3. The van der Waals surface area contributed by atoms with Crippen LogP contribution in [0.5, 0.6) is 0 Å². The van der Waals surface area contributed by atoms with E-state index in [0.29, 0.717) is 0 Å². The van der Waals surface area contributed by atoms with Gasteiger partial charge in [0, 0.05) is 0 Å². The van der Waals surface area contributed by atoms with E-state index in [-0.39, 0.29) is 0 Å². The van der Waals surface area contributed by atoms with Crippen LogP contribution in [0.1, 0.15) is 12.5 Å². The van der Waals surface area contributed by atoms with Crippen molar-refractivity contribution in [3.8, 4) is 0 Å². The largest absolute Gasteiger partial charge is 0.411 e. The predicted octanol–water partition coefficient (Wildman–Crippen LogP) is 2.64. The second-order valence-corrected chi connectivity index (χ2v) is 2.77. The normalized spacial score (nSPS) is 12.2. The maximum absolute atomic E-state index is 8.37. The van der Waals surface area contributed by atoms with Crippen molar-refractivity contribution in [1.82, 2.24) is 0 Å². The monoisotopic (exact) mass is 175 g/mol. The average molecular weight is 175 g/mol. The number of hydrogen-bond acceptors (Lipinski definition) is 2. The molecule has 0 amide bonds. The molecule has 1 aromatic rings. The SMILES string of the molecule is C/C=C(/C=N/O)Cc1ccccc1. The van der Waals surface area contributed by atoms with Gasteiger partial charge >= 0.3 is 0 Å². The highest BCUT2D eigenvalue weighted by Gasteiger charge is 1.94. The maximum Gasteiger partial charge on any atom is 0.0693 e. The van der Waals surface area contributed by atoms with Gasteiger partial charge in [0.1, 0.15) is 0 Å². The maximum atomic E-state index is 8.37. The Morgan fingerprint density at radius 2 is 2.08 bits per heavy atom. The summed E-state index contributed by atoms with van der Waals surface area (Å²) in [6, 6.07) is 10.1. The molecule has 0 spiro atoms. The Labute approximate surface area is 78.2 Å². The molecule has 0 unspecified atom stereocenters. The summed E-state index contributed by atoms with van der Waals surface area (Å²) in [5.41, 5.74) is 2.23. The summed E-state index contributed by atoms with van der Waals surface area (Å²) in [4.78, 5) is 0. The van der Waals surface area contributed by atoms with Crippen LogP contribution >= 0.6 is 0 Å². The lowest BCUT2D eigenvalue weighted by Gasteiger charge is -1.99.